The lowest BCUT2D eigenvalue weighted by Gasteiger charge is -2.24. The van der Waals surface area contributed by atoms with E-state index in [1.54, 1.807) is 11.9 Å². The van der Waals surface area contributed by atoms with Crippen molar-refractivity contribution in [3.05, 3.63) is 0 Å². The third-order valence-corrected chi connectivity index (χ3v) is 3.93. The minimum atomic E-state index is -0.414. The van der Waals surface area contributed by atoms with E-state index in [0.29, 0.717) is 6.04 Å². The van der Waals surface area contributed by atoms with Crippen molar-refractivity contribution < 1.29 is 9.53 Å². The zero-order valence-corrected chi connectivity index (χ0v) is 13.9. The molecule has 1 aliphatic rings. The Hall–Kier alpha value is -0.770. The van der Waals surface area contributed by atoms with Gasteiger partial charge in [0.15, 0.2) is 0 Å². The fraction of sp³-hybridized carbons (Fsp3) is 0.938. The maximum Gasteiger partial charge on any atom is 0.410 e. The number of amides is 1. The maximum atomic E-state index is 11.8. The van der Waals surface area contributed by atoms with E-state index in [1.165, 1.54) is 25.7 Å². The highest BCUT2D eigenvalue weighted by atomic mass is 16.6. The first-order chi connectivity index (χ1) is 9.31. The first-order valence-corrected chi connectivity index (χ1v) is 7.99. The zero-order chi connectivity index (χ0) is 15.2. The van der Waals surface area contributed by atoms with E-state index < -0.39 is 5.60 Å². The molecule has 1 rings (SSSR count). The lowest BCUT2D eigenvalue weighted by Crippen LogP contribution is -2.36. The molecule has 0 radical (unpaired) electrons. The second-order valence-electron chi connectivity index (χ2n) is 6.99. The van der Waals surface area contributed by atoms with Gasteiger partial charge in [0.1, 0.15) is 5.60 Å². The van der Waals surface area contributed by atoms with Crippen LogP contribution in [0, 0.1) is 5.92 Å². The first kappa shape index (κ1) is 17.3. The summed E-state index contributed by atoms with van der Waals surface area (Å²) in [5, 5.41) is 3.61. The molecule has 2 unspecified atom stereocenters. The Balaban J connectivity index is 2.10. The molecule has 0 aromatic rings. The number of carbonyl (C=O) groups is 1. The van der Waals surface area contributed by atoms with Crippen LogP contribution in [0.15, 0.2) is 0 Å². The van der Waals surface area contributed by atoms with E-state index in [9.17, 15) is 4.79 Å². The standard InChI is InChI=1S/C16H32N2O2/c1-6-13-8-9-14(12-13)17-10-7-11-18(5)15(19)20-16(2,3)4/h13-14,17H,6-12H2,1-5H3. The van der Waals surface area contributed by atoms with Gasteiger partial charge in [0.25, 0.3) is 0 Å². The first-order valence-electron chi connectivity index (χ1n) is 7.99. The predicted molar refractivity (Wildman–Crippen MR) is 82.9 cm³/mol. The molecule has 0 aromatic heterocycles. The van der Waals surface area contributed by atoms with Crippen LogP contribution in [0.3, 0.4) is 0 Å². The Morgan fingerprint density at radius 3 is 2.60 bits per heavy atom. The normalized spacial score (nSPS) is 22.9. The van der Waals surface area contributed by atoms with Gasteiger partial charge in [-0.15, -0.1) is 0 Å². The summed E-state index contributed by atoms with van der Waals surface area (Å²) in [6, 6.07) is 0.687. The summed E-state index contributed by atoms with van der Waals surface area (Å²) in [6.45, 7) is 9.68. The second-order valence-corrected chi connectivity index (χ2v) is 6.99. The van der Waals surface area contributed by atoms with E-state index in [1.807, 2.05) is 20.8 Å². The SMILES string of the molecule is CCC1CCC(NCCCN(C)C(=O)OC(C)(C)C)C1. The second kappa shape index (κ2) is 7.87. The Labute approximate surface area is 124 Å². The van der Waals surface area contributed by atoms with Gasteiger partial charge in [0, 0.05) is 19.6 Å². The van der Waals surface area contributed by atoms with Crippen LogP contribution in [0.25, 0.3) is 0 Å². The van der Waals surface area contributed by atoms with Crippen LogP contribution in [0.1, 0.15) is 59.8 Å². The molecule has 118 valence electrons. The van der Waals surface area contributed by atoms with Crippen molar-refractivity contribution in [2.24, 2.45) is 5.92 Å². The summed E-state index contributed by atoms with van der Waals surface area (Å²) >= 11 is 0. The van der Waals surface area contributed by atoms with Crippen molar-refractivity contribution in [3.8, 4) is 0 Å². The van der Waals surface area contributed by atoms with Crippen molar-refractivity contribution in [2.45, 2.75) is 71.4 Å². The molecule has 1 saturated carbocycles. The molecule has 4 nitrogen and oxygen atoms in total. The number of hydrogen-bond donors (Lipinski definition) is 1. The highest BCUT2D eigenvalue weighted by Crippen LogP contribution is 2.27. The summed E-state index contributed by atoms with van der Waals surface area (Å²) in [4.78, 5) is 13.4. The highest BCUT2D eigenvalue weighted by Gasteiger charge is 2.23. The Morgan fingerprint density at radius 2 is 2.05 bits per heavy atom. The number of carbonyl (C=O) groups excluding carboxylic acids is 1. The van der Waals surface area contributed by atoms with Gasteiger partial charge in [-0.1, -0.05) is 13.3 Å². The quantitative estimate of drug-likeness (QED) is 0.760. The summed E-state index contributed by atoms with van der Waals surface area (Å²) < 4.78 is 5.33. The van der Waals surface area contributed by atoms with Gasteiger partial charge in [-0.05, 0) is 58.9 Å². The molecule has 0 heterocycles. The molecule has 0 aromatic carbocycles. The van der Waals surface area contributed by atoms with E-state index >= 15 is 0 Å². The van der Waals surface area contributed by atoms with Crippen LogP contribution in [-0.4, -0.2) is 42.8 Å². The summed E-state index contributed by atoms with van der Waals surface area (Å²) in [5.74, 6) is 0.914. The van der Waals surface area contributed by atoms with Crippen LogP contribution in [0.5, 0.6) is 0 Å². The highest BCUT2D eigenvalue weighted by molar-refractivity contribution is 5.67. The van der Waals surface area contributed by atoms with Crippen LogP contribution >= 0.6 is 0 Å². The summed E-state index contributed by atoms with van der Waals surface area (Å²) in [7, 11) is 1.80. The number of nitrogens with one attached hydrogen (secondary N) is 1. The van der Waals surface area contributed by atoms with Crippen LogP contribution < -0.4 is 5.32 Å². The number of hydrogen-bond acceptors (Lipinski definition) is 3. The van der Waals surface area contributed by atoms with Crippen molar-refractivity contribution in [1.82, 2.24) is 10.2 Å². The van der Waals surface area contributed by atoms with Gasteiger partial charge in [-0.3, -0.25) is 0 Å². The van der Waals surface area contributed by atoms with Crippen LogP contribution in [0.4, 0.5) is 4.79 Å². The Bertz CT molecular complexity index is 299. The largest absolute Gasteiger partial charge is 0.444 e. The lowest BCUT2D eigenvalue weighted by molar-refractivity contribution is 0.0297. The van der Waals surface area contributed by atoms with Crippen molar-refractivity contribution in [2.75, 3.05) is 20.1 Å². The van der Waals surface area contributed by atoms with Gasteiger partial charge in [0.2, 0.25) is 0 Å². The number of rotatable bonds is 6. The number of ether oxygens (including phenoxy) is 1. The monoisotopic (exact) mass is 284 g/mol. The summed E-state index contributed by atoms with van der Waals surface area (Å²) in [6.07, 6.45) is 6.04. The van der Waals surface area contributed by atoms with E-state index in [0.717, 1.165) is 25.4 Å². The molecular formula is C16H32N2O2. The third kappa shape index (κ3) is 6.60. The Morgan fingerprint density at radius 1 is 1.35 bits per heavy atom. The van der Waals surface area contributed by atoms with Crippen molar-refractivity contribution >= 4 is 6.09 Å². The number of nitrogens with zero attached hydrogens (tertiary/aromatic N) is 1. The van der Waals surface area contributed by atoms with E-state index in [4.69, 9.17) is 4.74 Å². The molecule has 2 atom stereocenters. The smallest absolute Gasteiger partial charge is 0.410 e. The minimum absolute atomic E-state index is 0.232. The molecule has 0 bridgehead atoms. The maximum absolute atomic E-state index is 11.8. The third-order valence-electron chi connectivity index (χ3n) is 3.93. The van der Waals surface area contributed by atoms with Gasteiger partial charge in [-0.25, -0.2) is 4.79 Å². The van der Waals surface area contributed by atoms with E-state index in [-0.39, 0.29) is 6.09 Å². The minimum Gasteiger partial charge on any atom is -0.444 e. The zero-order valence-electron chi connectivity index (χ0n) is 13.9. The molecule has 0 aliphatic heterocycles. The van der Waals surface area contributed by atoms with Crippen molar-refractivity contribution in [3.63, 3.8) is 0 Å². The average molecular weight is 284 g/mol. The molecule has 1 fully saturated rings. The van der Waals surface area contributed by atoms with E-state index in [2.05, 4.69) is 12.2 Å². The fourth-order valence-electron chi connectivity index (χ4n) is 2.68. The molecule has 0 saturated heterocycles. The topological polar surface area (TPSA) is 41.6 Å². The molecule has 20 heavy (non-hydrogen) atoms. The average Bonchev–Trinajstić information content (AvgIpc) is 2.80. The molecule has 0 spiro atoms. The lowest BCUT2D eigenvalue weighted by atomic mass is 10.1. The van der Waals surface area contributed by atoms with Gasteiger partial charge in [-0.2, -0.15) is 0 Å². The Kier molecular flexibility index (Phi) is 6.80. The van der Waals surface area contributed by atoms with Gasteiger partial charge < -0.3 is 15.0 Å². The van der Waals surface area contributed by atoms with Crippen molar-refractivity contribution in [1.29, 1.82) is 0 Å². The summed E-state index contributed by atoms with van der Waals surface area (Å²) in [5.41, 5.74) is -0.414. The fourth-order valence-corrected chi connectivity index (χ4v) is 2.68. The molecule has 1 aliphatic carbocycles. The molecule has 4 heteroatoms. The molecule has 1 N–H and O–H groups in total. The van der Waals surface area contributed by atoms with Crippen LogP contribution in [-0.2, 0) is 4.74 Å². The molecular weight excluding hydrogens is 252 g/mol. The molecule has 1 amide bonds. The van der Waals surface area contributed by atoms with Crippen LogP contribution in [0.2, 0.25) is 0 Å². The van der Waals surface area contributed by atoms with Gasteiger partial charge in [0.05, 0.1) is 0 Å². The predicted octanol–water partition coefficient (Wildman–Crippen LogP) is 3.41. The van der Waals surface area contributed by atoms with Gasteiger partial charge >= 0.3 is 6.09 Å².